The second-order valence-electron chi connectivity index (χ2n) is 3.43. The van der Waals surface area contributed by atoms with Crippen LogP contribution in [0.25, 0.3) is 0 Å². The van der Waals surface area contributed by atoms with Gasteiger partial charge in [0, 0.05) is 19.1 Å². The number of ether oxygens (including phenoxy) is 1. The van der Waals surface area contributed by atoms with Crippen LogP contribution >= 0.6 is 0 Å². The third kappa shape index (κ3) is 6.05. The minimum atomic E-state index is -0.0892. The highest BCUT2D eigenvalue weighted by molar-refractivity contribution is 5.77. The number of carbonyl (C=O) groups is 1. The standard InChI is InChI=1S/C10H19N3O2/c1-9(2)13(6-3-4-11)10(14)8-15-7-5-12/h9H,3,5-8,12H2,1-2H3. The van der Waals surface area contributed by atoms with Gasteiger partial charge < -0.3 is 15.4 Å². The van der Waals surface area contributed by atoms with Crippen LogP contribution < -0.4 is 5.73 Å². The van der Waals surface area contributed by atoms with Crippen molar-refractivity contribution in [3.8, 4) is 6.07 Å². The molecule has 0 bridgehead atoms. The van der Waals surface area contributed by atoms with E-state index in [2.05, 4.69) is 0 Å². The lowest BCUT2D eigenvalue weighted by atomic mass is 10.3. The van der Waals surface area contributed by atoms with E-state index in [0.29, 0.717) is 26.1 Å². The molecule has 0 aromatic heterocycles. The first-order valence-corrected chi connectivity index (χ1v) is 5.07. The van der Waals surface area contributed by atoms with Crippen LogP contribution in [-0.2, 0) is 9.53 Å². The molecule has 0 unspecified atom stereocenters. The second-order valence-corrected chi connectivity index (χ2v) is 3.43. The molecule has 0 aliphatic rings. The van der Waals surface area contributed by atoms with E-state index in [4.69, 9.17) is 15.7 Å². The molecule has 86 valence electrons. The maximum absolute atomic E-state index is 11.6. The molecule has 0 aliphatic heterocycles. The normalized spacial score (nSPS) is 10.1. The van der Waals surface area contributed by atoms with Crippen molar-refractivity contribution in [1.29, 1.82) is 5.26 Å². The SMILES string of the molecule is CC(C)N(CCC#N)C(=O)COCCN. The molecule has 5 heteroatoms. The minimum Gasteiger partial charge on any atom is -0.370 e. The van der Waals surface area contributed by atoms with Crippen LogP contribution in [0.2, 0.25) is 0 Å². The minimum absolute atomic E-state index is 0.0425. The predicted molar refractivity (Wildman–Crippen MR) is 57.0 cm³/mol. The average Bonchev–Trinajstić information content (AvgIpc) is 2.18. The molecule has 5 nitrogen and oxygen atoms in total. The Morgan fingerprint density at radius 1 is 1.60 bits per heavy atom. The summed E-state index contributed by atoms with van der Waals surface area (Å²) < 4.78 is 5.06. The molecule has 0 fully saturated rings. The van der Waals surface area contributed by atoms with Gasteiger partial charge >= 0.3 is 0 Å². The number of hydrogen-bond donors (Lipinski definition) is 1. The first-order chi connectivity index (χ1) is 7.13. The lowest BCUT2D eigenvalue weighted by Crippen LogP contribution is -2.40. The Balaban J connectivity index is 4.00. The molecule has 0 aromatic carbocycles. The highest BCUT2D eigenvalue weighted by Gasteiger charge is 2.15. The van der Waals surface area contributed by atoms with Crippen molar-refractivity contribution in [3.05, 3.63) is 0 Å². The molecule has 0 radical (unpaired) electrons. The van der Waals surface area contributed by atoms with Crippen LogP contribution in [0.5, 0.6) is 0 Å². The van der Waals surface area contributed by atoms with Crippen molar-refractivity contribution in [2.24, 2.45) is 5.73 Å². The van der Waals surface area contributed by atoms with Crippen molar-refractivity contribution < 1.29 is 9.53 Å². The summed E-state index contributed by atoms with van der Waals surface area (Å²) >= 11 is 0. The van der Waals surface area contributed by atoms with Gasteiger partial charge in [-0.05, 0) is 13.8 Å². The van der Waals surface area contributed by atoms with E-state index < -0.39 is 0 Å². The first-order valence-electron chi connectivity index (χ1n) is 5.07. The number of nitrogens with zero attached hydrogens (tertiary/aromatic N) is 2. The molecule has 0 heterocycles. The molecule has 0 saturated carbocycles. The Kier molecular flexibility index (Phi) is 7.60. The van der Waals surface area contributed by atoms with E-state index in [-0.39, 0.29) is 18.6 Å². The molecule has 0 aliphatic carbocycles. The lowest BCUT2D eigenvalue weighted by Gasteiger charge is -2.25. The van der Waals surface area contributed by atoms with Crippen molar-refractivity contribution in [2.45, 2.75) is 26.3 Å². The number of hydrogen-bond acceptors (Lipinski definition) is 4. The molecular formula is C10H19N3O2. The van der Waals surface area contributed by atoms with E-state index in [0.717, 1.165) is 0 Å². The number of nitriles is 1. The van der Waals surface area contributed by atoms with Crippen molar-refractivity contribution in [1.82, 2.24) is 4.90 Å². The summed E-state index contributed by atoms with van der Waals surface area (Å²) in [6.07, 6.45) is 0.348. The summed E-state index contributed by atoms with van der Waals surface area (Å²) in [6, 6.07) is 2.11. The van der Waals surface area contributed by atoms with Crippen LogP contribution in [0, 0.1) is 11.3 Å². The van der Waals surface area contributed by atoms with Gasteiger partial charge in [0.2, 0.25) is 5.91 Å². The Morgan fingerprint density at radius 3 is 2.73 bits per heavy atom. The zero-order valence-corrected chi connectivity index (χ0v) is 9.40. The quantitative estimate of drug-likeness (QED) is 0.609. The van der Waals surface area contributed by atoms with Gasteiger partial charge in [-0.25, -0.2) is 0 Å². The Bertz CT molecular complexity index is 223. The second kappa shape index (κ2) is 8.21. The smallest absolute Gasteiger partial charge is 0.248 e. The van der Waals surface area contributed by atoms with Gasteiger partial charge in [-0.15, -0.1) is 0 Å². The fraction of sp³-hybridized carbons (Fsp3) is 0.800. The fourth-order valence-corrected chi connectivity index (χ4v) is 1.17. The van der Waals surface area contributed by atoms with E-state index in [1.54, 1.807) is 4.90 Å². The Hall–Kier alpha value is -1.12. The zero-order chi connectivity index (χ0) is 11.7. The highest BCUT2D eigenvalue weighted by Crippen LogP contribution is 2.00. The van der Waals surface area contributed by atoms with Gasteiger partial charge in [0.25, 0.3) is 0 Å². The summed E-state index contributed by atoms with van der Waals surface area (Å²) in [5, 5.41) is 8.46. The number of carbonyl (C=O) groups excluding carboxylic acids is 1. The molecule has 1 amide bonds. The summed E-state index contributed by atoms with van der Waals surface area (Å²) in [5.41, 5.74) is 5.24. The van der Waals surface area contributed by atoms with Crippen molar-refractivity contribution in [3.63, 3.8) is 0 Å². The topological polar surface area (TPSA) is 79.3 Å². The fourth-order valence-electron chi connectivity index (χ4n) is 1.17. The molecule has 2 N–H and O–H groups in total. The van der Waals surface area contributed by atoms with Gasteiger partial charge in [-0.3, -0.25) is 4.79 Å². The average molecular weight is 213 g/mol. The van der Waals surface area contributed by atoms with Crippen LogP contribution in [0.4, 0.5) is 0 Å². The molecule has 0 rings (SSSR count). The third-order valence-electron chi connectivity index (χ3n) is 1.90. The van der Waals surface area contributed by atoms with E-state index >= 15 is 0 Å². The first kappa shape index (κ1) is 13.9. The van der Waals surface area contributed by atoms with Gasteiger partial charge in [0.15, 0.2) is 0 Å². The van der Waals surface area contributed by atoms with Crippen LogP contribution in [-0.4, -0.2) is 43.2 Å². The summed E-state index contributed by atoms with van der Waals surface area (Å²) in [5.74, 6) is -0.0892. The Labute approximate surface area is 90.8 Å². The largest absolute Gasteiger partial charge is 0.370 e. The predicted octanol–water partition coefficient (Wildman–Crippen LogP) is 0.112. The highest BCUT2D eigenvalue weighted by atomic mass is 16.5. The Morgan fingerprint density at radius 2 is 2.27 bits per heavy atom. The molecular weight excluding hydrogens is 194 g/mol. The van der Waals surface area contributed by atoms with Crippen LogP contribution in [0.1, 0.15) is 20.3 Å². The zero-order valence-electron chi connectivity index (χ0n) is 9.40. The van der Waals surface area contributed by atoms with Gasteiger partial charge in [0.1, 0.15) is 6.61 Å². The van der Waals surface area contributed by atoms with E-state index in [9.17, 15) is 4.79 Å². The van der Waals surface area contributed by atoms with Crippen LogP contribution in [0.15, 0.2) is 0 Å². The van der Waals surface area contributed by atoms with Gasteiger partial charge in [0.05, 0.1) is 19.1 Å². The molecule has 0 atom stereocenters. The molecule has 0 aromatic rings. The van der Waals surface area contributed by atoms with Crippen molar-refractivity contribution >= 4 is 5.91 Å². The lowest BCUT2D eigenvalue weighted by molar-refractivity contribution is -0.137. The third-order valence-corrected chi connectivity index (χ3v) is 1.90. The molecule has 0 spiro atoms. The number of amides is 1. The maximum atomic E-state index is 11.6. The van der Waals surface area contributed by atoms with Crippen LogP contribution in [0.3, 0.4) is 0 Å². The maximum Gasteiger partial charge on any atom is 0.248 e. The summed E-state index contributed by atoms with van der Waals surface area (Å²) in [4.78, 5) is 13.3. The van der Waals surface area contributed by atoms with E-state index in [1.807, 2.05) is 19.9 Å². The molecule has 15 heavy (non-hydrogen) atoms. The molecule has 0 saturated heterocycles. The van der Waals surface area contributed by atoms with Crippen molar-refractivity contribution in [2.75, 3.05) is 26.3 Å². The monoisotopic (exact) mass is 213 g/mol. The number of rotatable bonds is 7. The van der Waals surface area contributed by atoms with Gasteiger partial charge in [-0.2, -0.15) is 5.26 Å². The summed E-state index contributed by atoms with van der Waals surface area (Å²) in [7, 11) is 0. The summed E-state index contributed by atoms with van der Waals surface area (Å²) in [6.45, 7) is 5.12. The van der Waals surface area contributed by atoms with Gasteiger partial charge in [-0.1, -0.05) is 0 Å². The number of nitrogens with two attached hydrogens (primary N) is 1. The van der Waals surface area contributed by atoms with E-state index in [1.165, 1.54) is 0 Å².